The van der Waals surface area contributed by atoms with Crippen molar-refractivity contribution in [1.29, 1.82) is 0 Å². The van der Waals surface area contributed by atoms with Gasteiger partial charge < -0.3 is 9.80 Å². The van der Waals surface area contributed by atoms with E-state index < -0.39 is 11.7 Å². The van der Waals surface area contributed by atoms with Gasteiger partial charge in [-0.1, -0.05) is 17.7 Å². The molecule has 0 spiro atoms. The molecule has 4 nitrogen and oxygen atoms in total. The highest BCUT2D eigenvalue weighted by Gasteiger charge is 2.27. The number of halogens is 2. The van der Waals surface area contributed by atoms with Gasteiger partial charge in [0.15, 0.2) is 0 Å². The van der Waals surface area contributed by atoms with E-state index in [2.05, 4.69) is 0 Å². The van der Waals surface area contributed by atoms with Crippen LogP contribution in [-0.2, 0) is 0 Å². The molecule has 0 radical (unpaired) electrons. The van der Waals surface area contributed by atoms with Gasteiger partial charge in [0.2, 0.25) is 0 Å². The lowest BCUT2D eigenvalue weighted by Gasteiger charge is -2.34. The maximum atomic E-state index is 13.8. The highest BCUT2D eigenvalue weighted by atomic mass is 35.5. The molecule has 1 aliphatic heterocycles. The maximum absolute atomic E-state index is 13.8. The summed E-state index contributed by atoms with van der Waals surface area (Å²) in [7, 11) is 0. The third-order valence-electron chi connectivity index (χ3n) is 3.74. The molecular formula is C16H14ClFN2O2S. The van der Waals surface area contributed by atoms with E-state index in [1.165, 1.54) is 29.5 Å². The fraction of sp³-hybridized carbons (Fsp3) is 0.250. The molecule has 1 fully saturated rings. The van der Waals surface area contributed by atoms with Crippen molar-refractivity contribution in [3.05, 3.63) is 57.0 Å². The standard InChI is InChI=1S/C16H14ClFN2O2S/c17-11-3-4-13(18)12(10-11)15(21)19-5-7-20(8-6-19)16(22)14-2-1-9-23-14/h1-4,9-10H,5-8H2. The Labute approximate surface area is 142 Å². The highest BCUT2D eigenvalue weighted by molar-refractivity contribution is 7.12. The van der Waals surface area contributed by atoms with Gasteiger partial charge in [-0.15, -0.1) is 11.3 Å². The van der Waals surface area contributed by atoms with Crippen molar-refractivity contribution in [2.24, 2.45) is 0 Å². The van der Waals surface area contributed by atoms with Crippen LogP contribution in [-0.4, -0.2) is 47.8 Å². The molecule has 0 unspecified atom stereocenters. The predicted molar refractivity (Wildman–Crippen MR) is 87.5 cm³/mol. The number of benzene rings is 1. The summed E-state index contributed by atoms with van der Waals surface area (Å²) >= 11 is 7.23. The highest BCUT2D eigenvalue weighted by Crippen LogP contribution is 2.19. The Bertz CT molecular complexity index is 728. The van der Waals surface area contributed by atoms with Gasteiger partial charge in [0.05, 0.1) is 10.4 Å². The molecule has 0 saturated carbocycles. The van der Waals surface area contributed by atoms with Crippen molar-refractivity contribution in [2.45, 2.75) is 0 Å². The zero-order chi connectivity index (χ0) is 16.4. The first-order chi connectivity index (χ1) is 11.1. The minimum atomic E-state index is -0.587. The van der Waals surface area contributed by atoms with Gasteiger partial charge in [-0.05, 0) is 29.6 Å². The number of hydrogen-bond acceptors (Lipinski definition) is 3. The molecule has 2 heterocycles. The minimum absolute atomic E-state index is 0.0268. The monoisotopic (exact) mass is 352 g/mol. The van der Waals surface area contributed by atoms with Gasteiger partial charge in [-0.25, -0.2) is 4.39 Å². The van der Waals surface area contributed by atoms with Gasteiger partial charge in [0.1, 0.15) is 5.82 Å². The first-order valence-corrected chi connectivity index (χ1v) is 8.39. The van der Waals surface area contributed by atoms with Crippen molar-refractivity contribution in [3.8, 4) is 0 Å². The van der Waals surface area contributed by atoms with Crippen LogP contribution in [0.15, 0.2) is 35.7 Å². The molecule has 0 atom stereocenters. The van der Waals surface area contributed by atoms with Crippen LogP contribution in [0, 0.1) is 5.82 Å². The summed E-state index contributed by atoms with van der Waals surface area (Å²) in [4.78, 5) is 28.6. The number of hydrogen-bond donors (Lipinski definition) is 0. The Kier molecular flexibility index (Phi) is 4.63. The summed E-state index contributed by atoms with van der Waals surface area (Å²) in [6.45, 7) is 1.62. The van der Waals surface area contributed by atoms with Gasteiger partial charge in [-0.2, -0.15) is 0 Å². The smallest absolute Gasteiger partial charge is 0.264 e. The van der Waals surface area contributed by atoms with Crippen molar-refractivity contribution >= 4 is 34.8 Å². The minimum Gasteiger partial charge on any atom is -0.335 e. The van der Waals surface area contributed by atoms with E-state index in [-0.39, 0.29) is 11.5 Å². The van der Waals surface area contributed by atoms with Gasteiger partial charge >= 0.3 is 0 Å². The van der Waals surface area contributed by atoms with Crippen LogP contribution in [0.1, 0.15) is 20.0 Å². The Hall–Kier alpha value is -1.92. The number of piperazine rings is 1. The van der Waals surface area contributed by atoms with Crippen LogP contribution in [0.4, 0.5) is 4.39 Å². The molecule has 1 aromatic carbocycles. The summed E-state index contributed by atoms with van der Waals surface area (Å²) in [5, 5.41) is 2.18. The number of carbonyl (C=O) groups is 2. The zero-order valence-corrected chi connectivity index (χ0v) is 13.7. The normalized spacial score (nSPS) is 14.9. The lowest BCUT2D eigenvalue weighted by molar-refractivity contribution is 0.0535. The zero-order valence-electron chi connectivity index (χ0n) is 12.2. The summed E-state index contributed by atoms with van der Waals surface area (Å²) in [5.74, 6) is -1.01. The van der Waals surface area contributed by atoms with E-state index in [1.807, 2.05) is 11.4 Å². The van der Waals surface area contributed by atoms with Crippen LogP contribution < -0.4 is 0 Å². The average molecular weight is 353 g/mol. The van der Waals surface area contributed by atoms with Crippen molar-refractivity contribution in [1.82, 2.24) is 9.80 Å². The molecule has 1 aliphatic rings. The second-order valence-corrected chi connectivity index (χ2v) is 6.57. The molecule has 3 rings (SSSR count). The van der Waals surface area contributed by atoms with Gasteiger partial charge in [0.25, 0.3) is 11.8 Å². The Morgan fingerprint density at radius 3 is 2.30 bits per heavy atom. The fourth-order valence-corrected chi connectivity index (χ4v) is 3.36. The molecule has 120 valence electrons. The van der Waals surface area contributed by atoms with Crippen LogP contribution in [0.25, 0.3) is 0 Å². The maximum Gasteiger partial charge on any atom is 0.264 e. The third-order valence-corrected chi connectivity index (χ3v) is 4.84. The van der Waals surface area contributed by atoms with E-state index in [9.17, 15) is 14.0 Å². The van der Waals surface area contributed by atoms with E-state index in [4.69, 9.17) is 11.6 Å². The van der Waals surface area contributed by atoms with Crippen molar-refractivity contribution < 1.29 is 14.0 Å². The van der Waals surface area contributed by atoms with Gasteiger partial charge in [0, 0.05) is 31.2 Å². The lowest BCUT2D eigenvalue weighted by Crippen LogP contribution is -2.50. The molecule has 1 aromatic heterocycles. The van der Waals surface area contributed by atoms with E-state index in [1.54, 1.807) is 15.9 Å². The van der Waals surface area contributed by atoms with Crippen LogP contribution in [0.2, 0.25) is 5.02 Å². The first kappa shape index (κ1) is 16.0. The van der Waals surface area contributed by atoms with Crippen LogP contribution in [0.5, 0.6) is 0 Å². The Morgan fingerprint density at radius 2 is 1.70 bits per heavy atom. The van der Waals surface area contributed by atoms with E-state index in [0.717, 1.165) is 0 Å². The van der Waals surface area contributed by atoms with E-state index in [0.29, 0.717) is 36.1 Å². The molecule has 1 saturated heterocycles. The molecule has 23 heavy (non-hydrogen) atoms. The number of carbonyl (C=O) groups excluding carboxylic acids is 2. The Morgan fingerprint density at radius 1 is 1.04 bits per heavy atom. The second-order valence-electron chi connectivity index (χ2n) is 5.19. The molecular weight excluding hydrogens is 339 g/mol. The van der Waals surface area contributed by atoms with Crippen LogP contribution >= 0.6 is 22.9 Å². The molecule has 0 bridgehead atoms. The number of rotatable bonds is 2. The number of nitrogens with zero attached hydrogens (tertiary/aromatic N) is 2. The van der Waals surface area contributed by atoms with Crippen molar-refractivity contribution in [2.75, 3.05) is 26.2 Å². The van der Waals surface area contributed by atoms with Gasteiger partial charge in [-0.3, -0.25) is 9.59 Å². The molecule has 0 aliphatic carbocycles. The average Bonchev–Trinajstić information content (AvgIpc) is 3.10. The van der Waals surface area contributed by atoms with Crippen molar-refractivity contribution in [3.63, 3.8) is 0 Å². The summed E-state index contributed by atoms with van der Waals surface area (Å²) in [6.07, 6.45) is 0. The van der Waals surface area contributed by atoms with E-state index >= 15 is 0 Å². The van der Waals surface area contributed by atoms with Crippen LogP contribution in [0.3, 0.4) is 0 Å². The molecule has 2 amide bonds. The quantitative estimate of drug-likeness (QED) is 0.833. The largest absolute Gasteiger partial charge is 0.335 e. The second kappa shape index (κ2) is 6.68. The first-order valence-electron chi connectivity index (χ1n) is 7.13. The number of amides is 2. The molecule has 2 aromatic rings. The predicted octanol–water partition coefficient (Wildman–Crippen LogP) is 3.14. The SMILES string of the molecule is O=C(c1cccs1)N1CCN(C(=O)c2cc(Cl)ccc2F)CC1. The third kappa shape index (κ3) is 3.38. The summed E-state index contributed by atoms with van der Waals surface area (Å²) < 4.78 is 13.8. The fourth-order valence-electron chi connectivity index (χ4n) is 2.50. The molecule has 0 N–H and O–H groups in total. The molecule has 7 heteroatoms. The summed E-state index contributed by atoms with van der Waals surface area (Å²) in [6, 6.07) is 7.55. The Balaban J connectivity index is 1.66. The number of thiophene rings is 1. The lowest BCUT2D eigenvalue weighted by atomic mass is 10.1. The topological polar surface area (TPSA) is 40.6 Å². The summed E-state index contributed by atoms with van der Waals surface area (Å²) in [5.41, 5.74) is -0.0319.